The fraction of sp³-hybridized carbons (Fsp3) is 0.727. The predicted octanol–water partition coefficient (Wildman–Crippen LogP) is -0.445. The van der Waals surface area contributed by atoms with E-state index in [1.165, 1.54) is 0 Å². The zero-order valence-corrected chi connectivity index (χ0v) is 11.2. The van der Waals surface area contributed by atoms with Crippen LogP contribution in [0, 0.1) is 0 Å². The van der Waals surface area contributed by atoms with E-state index in [1.807, 2.05) is 19.0 Å². The minimum absolute atomic E-state index is 0.143. The van der Waals surface area contributed by atoms with Gasteiger partial charge in [-0.05, 0) is 33.5 Å². The van der Waals surface area contributed by atoms with Gasteiger partial charge in [-0.3, -0.25) is 4.79 Å². The third-order valence-corrected chi connectivity index (χ3v) is 2.32. The molecule has 0 rings (SSSR count). The Bertz CT molecular complexity index is 319. The number of amides is 2. The monoisotopic (exact) mass is 275 g/mol. The predicted molar refractivity (Wildman–Crippen MR) is 68.0 cm³/mol. The van der Waals surface area contributed by atoms with Crippen LogP contribution in [0.1, 0.15) is 19.3 Å². The molecule has 2 amide bonds. The zero-order chi connectivity index (χ0) is 14.8. The molecule has 0 bridgehead atoms. The SMILES string of the molecule is CN(C)CCCNC(=O)NC(CCC(=O)O)C(=O)O. The Morgan fingerprint density at radius 2 is 1.84 bits per heavy atom. The highest BCUT2D eigenvalue weighted by Crippen LogP contribution is 1.98. The highest BCUT2D eigenvalue weighted by molar-refractivity contribution is 5.82. The molecule has 0 aromatic rings. The van der Waals surface area contributed by atoms with Gasteiger partial charge in [0.25, 0.3) is 0 Å². The van der Waals surface area contributed by atoms with E-state index in [-0.39, 0.29) is 12.8 Å². The van der Waals surface area contributed by atoms with E-state index in [4.69, 9.17) is 10.2 Å². The summed E-state index contributed by atoms with van der Waals surface area (Å²) < 4.78 is 0. The molecule has 1 unspecified atom stereocenters. The molecule has 0 aliphatic heterocycles. The Hall–Kier alpha value is -1.83. The molecule has 4 N–H and O–H groups in total. The van der Waals surface area contributed by atoms with Crippen LogP contribution in [0.15, 0.2) is 0 Å². The van der Waals surface area contributed by atoms with Crippen LogP contribution in [0.25, 0.3) is 0 Å². The van der Waals surface area contributed by atoms with Crippen LogP contribution in [-0.4, -0.2) is 66.3 Å². The maximum atomic E-state index is 11.4. The van der Waals surface area contributed by atoms with Crippen LogP contribution in [0.5, 0.6) is 0 Å². The maximum Gasteiger partial charge on any atom is 0.326 e. The first-order chi connectivity index (χ1) is 8.82. The molecule has 0 aliphatic rings. The number of carbonyl (C=O) groups excluding carboxylic acids is 1. The first-order valence-corrected chi connectivity index (χ1v) is 5.96. The molecule has 0 saturated heterocycles. The maximum absolute atomic E-state index is 11.4. The fourth-order valence-corrected chi connectivity index (χ4v) is 1.33. The van der Waals surface area contributed by atoms with Gasteiger partial charge in [0.1, 0.15) is 6.04 Å². The van der Waals surface area contributed by atoms with Crippen molar-refractivity contribution in [3.63, 3.8) is 0 Å². The second-order valence-electron chi connectivity index (χ2n) is 4.38. The van der Waals surface area contributed by atoms with Crippen LogP contribution in [0.3, 0.4) is 0 Å². The van der Waals surface area contributed by atoms with Gasteiger partial charge < -0.3 is 25.7 Å². The first kappa shape index (κ1) is 17.2. The number of aliphatic carboxylic acids is 2. The van der Waals surface area contributed by atoms with Gasteiger partial charge in [-0.1, -0.05) is 0 Å². The summed E-state index contributed by atoms with van der Waals surface area (Å²) in [5.74, 6) is -2.34. The van der Waals surface area contributed by atoms with Crippen molar-refractivity contribution in [2.45, 2.75) is 25.3 Å². The number of carboxylic acid groups (broad SMARTS) is 2. The third kappa shape index (κ3) is 9.83. The topological polar surface area (TPSA) is 119 Å². The molecule has 1 atom stereocenters. The van der Waals surface area contributed by atoms with Gasteiger partial charge >= 0.3 is 18.0 Å². The molecule has 0 aliphatic carbocycles. The van der Waals surface area contributed by atoms with E-state index in [9.17, 15) is 14.4 Å². The highest BCUT2D eigenvalue weighted by Gasteiger charge is 2.20. The number of rotatable bonds is 9. The van der Waals surface area contributed by atoms with E-state index in [2.05, 4.69) is 10.6 Å². The lowest BCUT2D eigenvalue weighted by Crippen LogP contribution is -2.46. The Morgan fingerprint density at radius 1 is 1.21 bits per heavy atom. The summed E-state index contributed by atoms with van der Waals surface area (Å²) in [5.41, 5.74) is 0. The van der Waals surface area contributed by atoms with Crippen molar-refractivity contribution in [1.82, 2.24) is 15.5 Å². The lowest BCUT2D eigenvalue weighted by molar-refractivity contribution is -0.140. The third-order valence-electron chi connectivity index (χ3n) is 2.32. The summed E-state index contributed by atoms with van der Waals surface area (Å²) in [7, 11) is 3.82. The highest BCUT2D eigenvalue weighted by atomic mass is 16.4. The largest absolute Gasteiger partial charge is 0.481 e. The molecule has 0 radical (unpaired) electrons. The molecule has 0 spiro atoms. The second kappa shape index (κ2) is 9.15. The van der Waals surface area contributed by atoms with Crippen LogP contribution in [-0.2, 0) is 9.59 Å². The van der Waals surface area contributed by atoms with Crippen LogP contribution in [0.4, 0.5) is 4.79 Å². The summed E-state index contributed by atoms with van der Waals surface area (Å²) in [6.45, 7) is 1.23. The van der Waals surface area contributed by atoms with E-state index in [0.717, 1.165) is 13.0 Å². The molecule has 19 heavy (non-hydrogen) atoms. The normalized spacial score (nSPS) is 11.9. The van der Waals surface area contributed by atoms with Gasteiger partial charge in [-0.2, -0.15) is 0 Å². The molecule has 0 saturated carbocycles. The van der Waals surface area contributed by atoms with Crippen molar-refractivity contribution in [3.8, 4) is 0 Å². The molecule has 0 aromatic carbocycles. The van der Waals surface area contributed by atoms with E-state index < -0.39 is 24.0 Å². The number of carbonyl (C=O) groups is 3. The molecular formula is C11H21N3O5. The van der Waals surface area contributed by atoms with Crippen LogP contribution in [0.2, 0.25) is 0 Å². The van der Waals surface area contributed by atoms with Crippen molar-refractivity contribution in [1.29, 1.82) is 0 Å². The average Bonchev–Trinajstić information content (AvgIpc) is 2.29. The average molecular weight is 275 g/mol. The number of nitrogens with one attached hydrogen (secondary N) is 2. The fourth-order valence-electron chi connectivity index (χ4n) is 1.33. The zero-order valence-electron chi connectivity index (χ0n) is 11.2. The molecule has 8 nitrogen and oxygen atoms in total. The van der Waals surface area contributed by atoms with Crippen LogP contribution >= 0.6 is 0 Å². The summed E-state index contributed by atoms with van der Waals surface area (Å²) in [6.07, 6.45) is 0.293. The number of hydrogen-bond acceptors (Lipinski definition) is 4. The first-order valence-electron chi connectivity index (χ1n) is 5.96. The van der Waals surface area contributed by atoms with E-state index in [1.54, 1.807) is 0 Å². The molecule has 110 valence electrons. The number of carboxylic acids is 2. The molecule has 8 heteroatoms. The van der Waals surface area contributed by atoms with Crippen molar-refractivity contribution in [2.75, 3.05) is 27.2 Å². The van der Waals surface area contributed by atoms with Gasteiger partial charge in [-0.25, -0.2) is 9.59 Å². The minimum Gasteiger partial charge on any atom is -0.481 e. The van der Waals surface area contributed by atoms with E-state index in [0.29, 0.717) is 6.54 Å². The quantitative estimate of drug-likeness (QED) is 0.423. The van der Waals surface area contributed by atoms with Gasteiger partial charge in [0.2, 0.25) is 0 Å². The lowest BCUT2D eigenvalue weighted by atomic mass is 10.1. The number of nitrogens with zero attached hydrogens (tertiary/aromatic N) is 1. The summed E-state index contributed by atoms with van der Waals surface area (Å²) in [4.78, 5) is 34.6. The summed E-state index contributed by atoms with van der Waals surface area (Å²) in [6, 6.07) is -1.79. The van der Waals surface area contributed by atoms with Gasteiger partial charge in [0, 0.05) is 13.0 Å². The van der Waals surface area contributed by atoms with Crippen molar-refractivity contribution >= 4 is 18.0 Å². The summed E-state index contributed by atoms with van der Waals surface area (Å²) in [5, 5.41) is 22.1. The van der Waals surface area contributed by atoms with Crippen molar-refractivity contribution in [3.05, 3.63) is 0 Å². The molecule has 0 fully saturated rings. The Kier molecular flexibility index (Phi) is 8.27. The summed E-state index contributed by atoms with van der Waals surface area (Å²) >= 11 is 0. The Balaban J connectivity index is 3.96. The van der Waals surface area contributed by atoms with Gasteiger partial charge in [0.15, 0.2) is 0 Å². The van der Waals surface area contributed by atoms with Crippen LogP contribution < -0.4 is 10.6 Å². The second-order valence-corrected chi connectivity index (χ2v) is 4.38. The molecule has 0 aromatic heterocycles. The van der Waals surface area contributed by atoms with Gasteiger partial charge in [-0.15, -0.1) is 0 Å². The van der Waals surface area contributed by atoms with Gasteiger partial charge in [0.05, 0.1) is 0 Å². The van der Waals surface area contributed by atoms with Crippen molar-refractivity contribution < 1.29 is 24.6 Å². The Labute approximate surface area is 111 Å². The number of hydrogen-bond donors (Lipinski definition) is 4. The molecule has 0 heterocycles. The minimum atomic E-state index is -1.25. The standard InChI is InChI=1S/C11H21N3O5/c1-14(2)7-3-6-12-11(19)13-8(10(17)18)4-5-9(15)16/h8H,3-7H2,1-2H3,(H,15,16)(H,17,18)(H2,12,13,19). The lowest BCUT2D eigenvalue weighted by Gasteiger charge is -2.15. The Morgan fingerprint density at radius 3 is 2.32 bits per heavy atom. The molecular weight excluding hydrogens is 254 g/mol. The number of urea groups is 1. The van der Waals surface area contributed by atoms with E-state index >= 15 is 0 Å². The van der Waals surface area contributed by atoms with Crippen molar-refractivity contribution in [2.24, 2.45) is 0 Å². The smallest absolute Gasteiger partial charge is 0.326 e.